The van der Waals surface area contributed by atoms with E-state index in [0.717, 1.165) is 5.56 Å². The summed E-state index contributed by atoms with van der Waals surface area (Å²) >= 11 is 5.78. The smallest absolute Gasteiger partial charge is 0.266 e. The molecule has 1 atom stereocenters. The number of halogens is 1. The highest BCUT2D eigenvalue weighted by Gasteiger charge is 2.36. The molecule has 7 nitrogen and oxygen atoms in total. The average Bonchev–Trinajstić information content (AvgIpc) is 2.59. The second kappa shape index (κ2) is 7.25. The van der Waals surface area contributed by atoms with Crippen LogP contribution in [-0.2, 0) is 0 Å². The minimum atomic E-state index is -0.448. The van der Waals surface area contributed by atoms with E-state index in [-0.39, 0.29) is 34.6 Å². The molecule has 1 amide bonds. The highest BCUT2D eigenvalue weighted by Crippen LogP contribution is 2.38. The van der Waals surface area contributed by atoms with E-state index in [4.69, 9.17) is 16.3 Å². The molecule has 1 aliphatic rings. The van der Waals surface area contributed by atoms with E-state index >= 15 is 0 Å². The van der Waals surface area contributed by atoms with Gasteiger partial charge >= 0.3 is 0 Å². The second-order valence-electron chi connectivity index (χ2n) is 6.04. The Kier molecular flexibility index (Phi) is 5.06. The van der Waals surface area contributed by atoms with Crippen molar-refractivity contribution < 1.29 is 14.6 Å². The van der Waals surface area contributed by atoms with Gasteiger partial charge in [0.25, 0.3) is 11.5 Å². The topological polar surface area (TPSA) is 104 Å². The maximum absolute atomic E-state index is 12.5. The molecule has 1 aliphatic carbocycles. The number of aliphatic hydroxyl groups is 1. The highest BCUT2D eigenvalue weighted by molar-refractivity contribution is 6.30. The summed E-state index contributed by atoms with van der Waals surface area (Å²) in [5, 5.41) is 12.5. The van der Waals surface area contributed by atoms with E-state index in [1.807, 2.05) is 6.07 Å². The molecule has 0 aliphatic heterocycles. The molecule has 0 unspecified atom stereocenters. The molecular weight excluding hydrogens is 346 g/mol. The Labute approximate surface area is 149 Å². The quantitative estimate of drug-likeness (QED) is 0.749. The molecule has 132 valence electrons. The van der Waals surface area contributed by atoms with Crippen LogP contribution in [0.15, 0.2) is 35.4 Å². The number of aromatic amines is 1. The molecule has 0 radical (unpaired) electrons. The maximum Gasteiger partial charge on any atom is 0.266 e. The van der Waals surface area contributed by atoms with Gasteiger partial charge in [-0.05, 0) is 30.4 Å². The first-order valence-electron chi connectivity index (χ1n) is 7.85. The van der Waals surface area contributed by atoms with Crippen molar-refractivity contribution in [3.05, 3.63) is 57.1 Å². The molecule has 2 aromatic heterocycles. The normalized spacial score (nSPS) is 20.4. The Balaban J connectivity index is 1.82. The summed E-state index contributed by atoms with van der Waals surface area (Å²) in [4.78, 5) is 30.5. The molecule has 1 saturated carbocycles. The zero-order chi connectivity index (χ0) is 18.0. The number of pyridine rings is 2. The van der Waals surface area contributed by atoms with Crippen molar-refractivity contribution in [1.82, 2.24) is 15.3 Å². The van der Waals surface area contributed by atoms with Gasteiger partial charge in [0, 0.05) is 18.5 Å². The van der Waals surface area contributed by atoms with Gasteiger partial charge < -0.3 is 20.1 Å². The van der Waals surface area contributed by atoms with Crippen molar-refractivity contribution in [2.24, 2.45) is 5.92 Å². The minimum absolute atomic E-state index is 0.0469. The van der Waals surface area contributed by atoms with Crippen molar-refractivity contribution >= 4 is 17.5 Å². The molecule has 2 aromatic rings. The van der Waals surface area contributed by atoms with Gasteiger partial charge in [-0.1, -0.05) is 17.7 Å². The second-order valence-corrected chi connectivity index (χ2v) is 6.44. The standard InChI is InChI=1S/C17H18ClN3O4/c1-25-14-3-2-9(7-19-14)15(10-4-12(22)5-10)21-16(23)11-6-13(18)17(24)20-8-11/h2-3,6-8,10,12,15,22H,4-5H2,1H3,(H,20,24)(H,21,23)/t10?,12?,15-/m0/s1. The molecule has 0 saturated heterocycles. The summed E-state index contributed by atoms with van der Waals surface area (Å²) in [6.45, 7) is 0. The lowest BCUT2D eigenvalue weighted by Gasteiger charge is -2.38. The van der Waals surface area contributed by atoms with E-state index in [9.17, 15) is 14.7 Å². The molecular formula is C17H18ClN3O4. The zero-order valence-electron chi connectivity index (χ0n) is 13.5. The number of hydrogen-bond acceptors (Lipinski definition) is 5. The van der Waals surface area contributed by atoms with E-state index in [0.29, 0.717) is 18.7 Å². The summed E-state index contributed by atoms with van der Waals surface area (Å²) in [5.74, 6) is 0.225. The first-order valence-corrected chi connectivity index (χ1v) is 8.23. The van der Waals surface area contributed by atoms with Crippen molar-refractivity contribution in [2.45, 2.75) is 25.0 Å². The summed E-state index contributed by atoms with van der Waals surface area (Å²) in [7, 11) is 1.53. The van der Waals surface area contributed by atoms with Crippen LogP contribution in [0.1, 0.15) is 34.8 Å². The number of nitrogens with zero attached hydrogens (tertiary/aromatic N) is 1. The molecule has 8 heteroatoms. The van der Waals surface area contributed by atoms with Gasteiger partial charge in [-0.2, -0.15) is 0 Å². The lowest BCUT2D eigenvalue weighted by atomic mass is 9.75. The first kappa shape index (κ1) is 17.4. The Bertz CT molecular complexity index is 815. The van der Waals surface area contributed by atoms with Gasteiger partial charge in [0.2, 0.25) is 5.88 Å². The number of methoxy groups -OCH3 is 1. The van der Waals surface area contributed by atoms with Crippen LogP contribution in [-0.4, -0.2) is 34.2 Å². The van der Waals surface area contributed by atoms with Crippen molar-refractivity contribution in [1.29, 1.82) is 0 Å². The van der Waals surface area contributed by atoms with Crippen LogP contribution in [0.25, 0.3) is 0 Å². The number of carbonyl (C=O) groups excluding carboxylic acids is 1. The molecule has 25 heavy (non-hydrogen) atoms. The largest absolute Gasteiger partial charge is 0.481 e. The number of H-pyrrole nitrogens is 1. The third-order valence-corrected chi connectivity index (χ3v) is 4.64. The summed E-state index contributed by atoms with van der Waals surface area (Å²) in [6.07, 6.45) is 3.82. The van der Waals surface area contributed by atoms with E-state index < -0.39 is 5.56 Å². The molecule has 1 fully saturated rings. The molecule has 3 N–H and O–H groups in total. The highest BCUT2D eigenvalue weighted by atomic mass is 35.5. The van der Waals surface area contributed by atoms with Gasteiger partial charge in [-0.25, -0.2) is 4.98 Å². The Morgan fingerprint density at radius 3 is 2.80 bits per heavy atom. The first-order chi connectivity index (χ1) is 12.0. The molecule has 0 aromatic carbocycles. The Morgan fingerprint density at radius 2 is 2.24 bits per heavy atom. The van der Waals surface area contributed by atoms with Gasteiger partial charge in [0.1, 0.15) is 5.02 Å². The maximum atomic E-state index is 12.5. The average molecular weight is 364 g/mol. The van der Waals surface area contributed by atoms with E-state index in [2.05, 4.69) is 15.3 Å². The van der Waals surface area contributed by atoms with Crippen LogP contribution >= 0.6 is 11.6 Å². The number of nitrogens with one attached hydrogen (secondary N) is 2. The van der Waals surface area contributed by atoms with Gasteiger partial charge in [0.15, 0.2) is 0 Å². The van der Waals surface area contributed by atoms with Gasteiger partial charge in [0.05, 0.1) is 24.8 Å². The molecule has 2 heterocycles. The van der Waals surface area contributed by atoms with Crippen molar-refractivity contribution in [3.8, 4) is 5.88 Å². The number of carbonyl (C=O) groups is 1. The zero-order valence-corrected chi connectivity index (χ0v) is 14.3. The van der Waals surface area contributed by atoms with Gasteiger partial charge in [-0.15, -0.1) is 0 Å². The minimum Gasteiger partial charge on any atom is -0.481 e. The summed E-state index contributed by atoms with van der Waals surface area (Å²) in [5.41, 5.74) is 0.633. The molecule has 3 rings (SSSR count). The number of aliphatic hydroxyl groups excluding tert-OH is 1. The number of ether oxygens (including phenoxy) is 1. The molecule has 0 bridgehead atoms. The predicted octanol–water partition coefficient (Wildman–Crippen LogP) is 1.67. The van der Waals surface area contributed by atoms with Crippen LogP contribution in [0.2, 0.25) is 5.02 Å². The third-order valence-electron chi connectivity index (χ3n) is 4.36. The summed E-state index contributed by atoms with van der Waals surface area (Å²) in [6, 6.07) is 4.58. The Hall–Kier alpha value is -2.38. The van der Waals surface area contributed by atoms with E-state index in [1.54, 1.807) is 12.3 Å². The SMILES string of the molecule is COc1ccc([C@H](NC(=O)c2c[nH]c(=O)c(Cl)c2)C2CC(O)C2)cn1. The van der Waals surface area contributed by atoms with Crippen LogP contribution in [0, 0.1) is 5.92 Å². The number of amides is 1. The lowest BCUT2D eigenvalue weighted by molar-refractivity contribution is 0.0234. The van der Waals surface area contributed by atoms with Gasteiger partial charge in [-0.3, -0.25) is 9.59 Å². The number of hydrogen-bond donors (Lipinski definition) is 3. The van der Waals surface area contributed by atoms with Crippen LogP contribution in [0.4, 0.5) is 0 Å². The Morgan fingerprint density at radius 1 is 1.48 bits per heavy atom. The number of aromatic nitrogens is 2. The van der Waals surface area contributed by atoms with Crippen LogP contribution < -0.4 is 15.6 Å². The van der Waals surface area contributed by atoms with Crippen molar-refractivity contribution in [3.63, 3.8) is 0 Å². The lowest BCUT2D eigenvalue weighted by Crippen LogP contribution is -2.41. The van der Waals surface area contributed by atoms with E-state index in [1.165, 1.54) is 19.4 Å². The fourth-order valence-electron chi connectivity index (χ4n) is 2.88. The fraction of sp³-hybridized carbons (Fsp3) is 0.353. The fourth-order valence-corrected chi connectivity index (χ4v) is 3.06. The monoisotopic (exact) mass is 363 g/mol. The third kappa shape index (κ3) is 3.83. The molecule has 0 spiro atoms. The van der Waals surface area contributed by atoms with Crippen molar-refractivity contribution in [2.75, 3.05) is 7.11 Å². The van der Waals surface area contributed by atoms with Crippen LogP contribution in [0.3, 0.4) is 0 Å². The van der Waals surface area contributed by atoms with Crippen LogP contribution in [0.5, 0.6) is 5.88 Å². The summed E-state index contributed by atoms with van der Waals surface area (Å²) < 4.78 is 5.05. The number of rotatable bonds is 5. The predicted molar refractivity (Wildman–Crippen MR) is 91.8 cm³/mol.